The normalized spacial score (nSPS) is 24.8. The van der Waals surface area contributed by atoms with Gasteiger partial charge >= 0.3 is 0 Å². The topological polar surface area (TPSA) is 41.9 Å². The van der Waals surface area contributed by atoms with Gasteiger partial charge in [-0.15, -0.1) is 0 Å². The third-order valence-corrected chi connectivity index (χ3v) is 4.45. The Morgan fingerprint density at radius 3 is 2.81 bits per heavy atom. The average molecular weight is 293 g/mol. The Labute approximate surface area is 127 Å². The van der Waals surface area contributed by atoms with Crippen molar-refractivity contribution < 1.29 is 14.6 Å². The Bertz CT molecular complexity index is 463. The van der Waals surface area contributed by atoms with Crippen molar-refractivity contribution >= 4 is 0 Å². The van der Waals surface area contributed by atoms with Crippen molar-refractivity contribution in [2.45, 2.75) is 32.5 Å². The predicted octanol–water partition coefficient (Wildman–Crippen LogP) is 2.39. The van der Waals surface area contributed by atoms with E-state index in [2.05, 4.69) is 11.8 Å². The molecule has 0 aliphatic carbocycles. The molecule has 4 nitrogen and oxygen atoms in total. The first-order chi connectivity index (χ1) is 10.0. The molecule has 2 rings (SSSR count). The zero-order chi connectivity index (χ0) is 15.4. The van der Waals surface area contributed by atoms with E-state index in [1.54, 1.807) is 14.2 Å². The summed E-state index contributed by atoms with van der Waals surface area (Å²) in [6.07, 6.45) is 0.826. The number of piperidine rings is 1. The van der Waals surface area contributed by atoms with Gasteiger partial charge < -0.3 is 14.6 Å². The Balaban J connectivity index is 2.04. The van der Waals surface area contributed by atoms with Crippen molar-refractivity contribution in [3.63, 3.8) is 0 Å². The molecule has 1 heterocycles. The van der Waals surface area contributed by atoms with Crippen molar-refractivity contribution in [1.82, 2.24) is 4.90 Å². The molecule has 1 aliphatic rings. The first-order valence-electron chi connectivity index (χ1n) is 7.63. The van der Waals surface area contributed by atoms with Crippen LogP contribution in [0, 0.1) is 12.8 Å². The summed E-state index contributed by atoms with van der Waals surface area (Å²) in [5, 5.41) is 10.6. The van der Waals surface area contributed by atoms with Gasteiger partial charge in [0.05, 0.1) is 19.3 Å². The minimum Gasteiger partial charge on any atom is -0.496 e. The van der Waals surface area contributed by atoms with E-state index >= 15 is 0 Å². The van der Waals surface area contributed by atoms with Crippen LogP contribution in [0.25, 0.3) is 0 Å². The van der Waals surface area contributed by atoms with E-state index in [1.807, 2.05) is 25.1 Å². The lowest BCUT2D eigenvalue weighted by Crippen LogP contribution is -2.45. The highest BCUT2D eigenvalue weighted by Crippen LogP contribution is 2.28. The number of β-amino-alcohol motifs (C(OH)–C–C–N with tert-alkyl or cyclic N) is 1. The van der Waals surface area contributed by atoms with E-state index in [9.17, 15) is 5.11 Å². The van der Waals surface area contributed by atoms with E-state index in [4.69, 9.17) is 9.47 Å². The highest BCUT2D eigenvalue weighted by molar-refractivity contribution is 5.38. The number of ether oxygens (including phenoxy) is 2. The first-order valence-corrected chi connectivity index (χ1v) is 7.63. The summed E-state index contributed by atoms with van der Waals surface area (Å²) in [6.45, 7) is 6.76. The number of aryl methyl sites for hydroxylation is 1. The second-order valence-corrected chi connectivity index (χ2v) is 6.06. The van der Waals surface area contributed by atoms with Gasteiger partial charge in [-0.05, 0) is 37.9 Å². The molecule has 3 atom stereocenters. The molecule has 118 valence electrons. The Morgan fingerprint density at radius 2 is 2.14 bits per heavy atom. The maximum absolute atomic E-state index is 10.6. The number of aliphatic hydroxyl groups excluding tert-OH is 1. The lowest BCUT2D eigenvalue weighted by atomic mass is 9.95. The summed E-state index contributed by atoms with van der Waals surface area (Å²) in [4.78, 5) is 2.28. The molecule has 1 fully saturated rings. The molecule has 0 spiro atoms. The van der Waals surface area contributed by atoms with E-state index < -0.39 is 6.10 Å². The average Bonchev–Trinajstić information content (AvgIpc) is 2.49. The lowest BCUT2D eigenvalue weighted by molar-refractivity contribution is -0.0182. The number of hydrogen-bond acceptors (Lipinski definition) is 4. The van der Waals surface area contributed by atoms with Gasteiger partial charge in [-0.25, -0.2) is 0 Å². The highest BCUT2D eigenvalue weighted by Gasteiger charge is 2.27. The van der Waals surface area contributed by atoms with Crippen LogP contribution in [0.1, 0.15) is 30.6 Å². The molecule has 1 aromatic rings. The second-order valence-electron chi connectivity index (χ2n) is 6.06. The van der Waals surface area contributed by atoms with Gasteiger partial charge in [0.25, 0.3) is 0 Å². The third kappa shape index (κ3) is 3.96. The number of rotatable bonds is 5. The number of benzene rings is 1. The molecule has 0 aromatic heterocycles. The van der Waals surface area contributed by atoms with Crippen LogP contribution >= 0.6 is 0 Å². The van der Waals surface area contributed by atoms with Gasteiger partial charge in [-0.3, -0.25) is 4.90 Å². The largest absolute Gasteiger partial charge is 0.496 e. The van der Waals surface area contributed by atoms with Gasteiger partial charge in [0, 0.05) is 25.8 Å². The fraction of sp³-hybridized carbons (Fsp3) is 0.647. The Morgan fingerprint density at radius 1 is 1.38 bits per heavy atom. The monoisotopic (exact) mass is 293 g/mol. The zero-order valence-corrected chi connectivity index (χ0v) is 13.5. The smallest absolute Gasteiger partial charge is 0.124 e. The molecule has 0 radical (unpaired) electrons. The molecule has 0 bridgehead atoms. The van der Waals surface area contributed by atoms with Crippen LogP contribution < -0.4 is 4.74 Å². The number of methoxy groups -OCH3 is 2. The predicted molar refractivity (Wildman–Crippen MR) is 83.7 cm³/mol. The van der Waals surface area contributed by atoms with Gasteiger partial charge in [0.1, 0.15) is 5.75 Å². The number of nitrogens with zero attached hydrogens (tertiary/aromatic N) is 1. The van der Waals surface area contributed by atoms with Gasteiger partial charge in [0.15, 0.2) is 0 Å². The standard InChI is InChI=1S/C17H27NO3/c1-12-5-6-16(20-3)14(9-12)15(19)10-18-8-7-13(2)17(11-18)21-4/h5-6,9,13,15,17,19H,7-8,10-11H2,1-4H3. The van der Waals surface area contributed by atoms with Crippen LogP contribution in [0.4, 0.5) is 0 Å². The summed E-state index contributed by atoms with van der Waals surface area (Å²) < 4.78 is 10.9. The molecule has 1 aromatic carbocycles. The molecule has 21 heavy (non-hydrogen) atoms. The minimum absolute atomic E-state index is 0.255. The first kappa shape index (κ1) is 16.3. The van der Waals surface area contributed by atoms with Crippen molar-refractivity contribution in [2.75, 3.05) is 33.9 Å². The molecule has 0 saturated carbocycles. The fourth-order valence-corrected chi connectivity index (χ4v) is 3.03. The van der Waals surface area contributed by atoms with Gasteiger partial charge in [-0.1, -0.05) is 18.6 Å². The summed E-state index contributed by atoms with van der Waals surface area (Å²) >= 11 is 0. The van der Waals surface area contributed by atoms with Crippen molar-refractivity contribution in [2.24, 2.45) is 5.92 Å². The maximum Gasteiger partial charge on any atom is 0.124 e. The fourth-order valence-electron chi connectivity index (χ4n) is 3.03. The molecule has 0 amide bonds. The summed E-state index contributed by atoms with van der Waals surface area (Å²) in [5.74, 6) is 1.33. The van der Waals surface area contributed by atoms with Crippen LogP contribution in [0.15, 0.2) is 18.2 Å². The molecule has 1 N–H and O–H groups in total. The maximum atomic E-state index is 10.6. The highest BCUT2D eigenvalue weighted by atomic mass is 16.5. The molecular weight excluding hydrogens is 266 g/mol. The van der Waals surface area contributed by atoms with Crippen molar-refractivity contribution in [3.8, 4) is 5.75 Å². The number of likely N-dealkylation sites (tertiary alicyclic amines) is 1. The Hall–Kier alpha value is -1.10. The molecule has 4 heteroatoms. The number of aliphatic hydroxyl groups is 1. The lowest BCUT2D eigenvalue weighted by Gasteiger charge is -2.37. The Kier molecular flexibility index (Phi) is 5.62. The van der Waals surface area contributed by atoms with E-state index in [1.165, 1.54) is 0 Å². The summed E-state index contributed by atoms with van der Waals surface area (Å²) in [7, 11) is 3.41. The van der Waals surface area contributed by atoms with Gasteiger partial charge in [0.2, 0.25) is 0 Å². The summed E-state index contributed by atoms with van der Waals surface area (Å²) in [6, 6.07) is 5.92. The second kappa shape index (κ2) is 7.25. The molecule has 1 aliphatic heterocycles. The van der Waals surface area contributed by atoms with Crippen LogP contribution in [-0.2, 0) is 4.74 Å². The van der Waals surface area contributed by atoms with Crippen LogP contribution in [0.5, 0.6) is 5.75 Å². The van der Waals surface area contributed by atoms with E-state index in [0.29, 0.717) is 12.5 Å². The number of hydrogen-bond donors (Lipinski definition) is 1. The van der Waals surface area contributed by atoms with E-state index in [0.717, 1.165) is 36.4 Å². The zero-order valence-electron chi connectivity index (χ0n) is 13.5. The molecular formula is C17H27NO3. The molecule has 1 saturated heterocycles. The van der Waals surface area contributed by atoms with Crippen molar-refractivity contribution in [1.29, 1.82) is 0 Å². The summed E-state index contributed by atoms with van der Waals surface area (Å²) in [5.41, 5.74) is 2.00. The third-order valence-electron chi connectivity index (χ3n) is 4.45. The van der Waals surface area contributed by atoms with E-state index in [-0.39, 0.29) is 6.10 Å². The van der Waals surface area contributed by atoms with Crippen LogP contribution in [-0.4, -0.2) is 50.0 Å². The van der Waals surface area contributed by atoms with Crippen molar-refractivity contribution in [3.05, 3.63) is 29.3 Å². The van der Waals surface area contributed by atoms with Crippen LogP contribution in [0.2, 0.25) is 0 Å². The SMILES string of the molecule is COc1ccc(C)cc1C(O)CN1CCC(C)C(OC)C1. The van der Waals surface area contributed by atoms with Gasteiger partial charge in [-0.2, -0.15) is 0 Å². The minimum atomic E-state index is -0.536. The molecule has 3 unspecified atom stereocenters. The van der Waals surface area contributed by atoms with Crippen LogP contribution in [0.3, 0.4) is 0 Å². The quantitative estimate of drug-likeness (QED) is 0.905.